The van der Waals surface area contributed by atoms with Crippen LogP contribution in [0.15, 0.2) is 83.3 Å². The van der Waals surface area contributed by atoms with Crippen molar-refractivity contribution in [1.82, 2.24) is 0 Å². The van der Waals surface area contributed by atoms with Crippen LogP contribution in [0.2, 0.25) is 0 Å². The van der Waals surface area contributed by atoms with Crippen LogP contribution in [-0.4, -0.2) is 40.1 Å². The second-order valence-corrected chi connectivity index (χ2v) is 12.5. The van der Waals surface area contributed by atoms with Crippen LogP contribution in [0, 0.1) is 0 Å². The number of aliphatic hydroxyl groups is 1. The minimum atomic E-state index is -0.260. The van der Waals surface area contributed by atoms with Crippen LogP contribution in [0.3, 0.4) is 0 Å². The highest BCUT2D eigenvalue weighted by Gasteiger charge is 2.46. The van der Waals surface area contributed by atoms with Crippen molar-refractivity contribution in [2.24, 2.45) is 0 Å². The Morgan fingerprint density at radius 3 is 2.24 bits per heavy atom. The Morgan fingerprint density at radius 2 is 1.55 bits per heavy atom. The quantitative estimate of drug-likeness (QED) is 0.152. The molecule has 1 aliphatic carbocycles. The summed E-state index contributed by atoms with van der Waals surface area (Å²) in [5.74, 6) is 0.00543. The predicted molar refractivity (Wildman–Crippen MR) is 160 cm³/mol. The van der Waals surface area contributed by atoms with E-state index in [1.54, 1.807) is 0 Å². The molecule has 2 heterocycles. The summed E-state index contributed by atoms with van der Waals surface area (Å²) in [6.45, 7) is 9.66. The van der Waals surface area contributed by atoms with Gasteiger partial charge in [-0.05, 0) is 44.4 Å². The lowest BCUT2D eigenvalue weighted by Crippen LogP contribution is -2.31. The number of carbonyl (C=O) groups is 1. The molecule has 198 valence electrons. The maximum atomic E-state index is 13.5. The number of fused-ring (bicyclic) bond motifs is 2. The zero-order chi connectivity index (χ0) is 27.2. The van der Waals surface area contributed by atoms with Gasteiger partial charge in [0.15, 0.2) is 5.71 Å². The van der Waals surface area contributed by atoms with Crippen molar-refractivity contribution >= 4 is 38.8 Å². The lowest BCUT2D eigenvalue weighted by atomic mass is 9.77. The van der Waals surface area contributed by atoms with Gasteiger partial charge >= 0.3 is 0 Å². The highest BCUT2D eigenvalue weighted by molar-refractivity contribution is 9.09. The number of benzene rings is 2. The number of anilines is 1. The van der Waals surface area contributed by atoms with Gasteiger partial charge in [-0.25, -0.2) is 0 Å². The molecule has 5 rings (SSSR count). The molecular weight excluding hydrogens is 536 g/mol. The van der Waals surface area contributed by atoms with Gasteiger partial charge in [0.05, 0.1) is 16.6 Å². The van der Waals surface area contributed by atoms with Crippen LogP contribution in [0.4, 0.5) is 11.4 Å². The fraction of sp³-hybridized carbons (Fsp3) is 0.394. The van der Waals surface area contributed by atoms with E-state index in [-0.39, 0.29) is 22.4 Å². The predicted octanol–water partition coefficient (Wildman–Crippen LogP) is 7.65. The SMILES string of the molecule is C[N+]1=C(C=C2C(=O)C(C=C3N(CCCCCCBr)c4ccccc4C3(C)C)=C2O)C(C)(C)c2ccccc21. The van der Waals surface area contributed by atoms with Crippen molar-refractivity contribution in [2.45, 2.75) is 64.2 Å². The number of para-hydroxylation sites is 2. The number of halogens is 1. The first-order valence-corrected chi connectivity index (χ1v) is 14.8. The Balaban J connectivity index is 1.49. The molecule has 0 atom stereocenters. The zero-order valence-electron chi connectivity index (χ0n) is 23.1. The van der Waals surface area contributed by atoms with Crippen molar-refractivity contribution in [1.29, 1.82) is 0 Å². The molecule has 0 fully saturated rings. The van der Waals surface area contributed by atoms with Crippen LogP contribution in [-0.2, 0) is 15.6 Å². The molecule has 0 unspecified atom stereocenters. The van der Waals surface area contributed by atoms with E-state index >= 15 is 0 Å². The van der Waals surface area contributed by atoms with E-state index in [9.17, 15) is 9.90 Å². The van der Waals surface area contributed by atoms with E-state index in [1.165, 1.54) is 36.1 Å². The molecule has 0 amide bonds. The molecule has 2 aliphatic heterocycles. The summed E-state index contributed by atoms with van der Waals surface area (Å²) < 4.78 is 2.13. The van der Waals surface area contributed by atoms with Crippen LogP contribution < -0.4 is 4.90 Å². The number of hydrogen-bond donors (Lipinski definition) is 1. The second kappa shape index (κ2) is 10.00. The average Bonchev–Trinajstić information content (AvgIpc) is 3.24. The van der Waals surface area contributed by atoms with E-state index in [1.807, 2.05) is 25.3 Å². The molecule has 4 nitrogen and oxygen atoms in total. The molecule has 5 heteroatoms. The minimum Gasteiger partial charge on any atom is -0.506 e. The maximum Gasteiger partial charge on any atom is 0.209 e. The third-order valence-corrected chi connectivity index (χ3v) is 9.13. The first kappa shape index (κ1) is 26.7. The summed E-state index contributed by atoms with van der Waals surface area (Å²) in [5.41, 5.74) is 7.21. The van der Waals surface area contributed by atoms with Gasteiger partial charge in [-0.2, -0.15) is 4.58 Å². The molecule has 0 radical (unpaired) electrons. The third-order valence-electron chi connectivity index (χ3n) is 8.57. The Morgan fingerprint density at radius 1 is 0.895 bits per heavy atom. The van der Waals surface area contributed by atoms with Gasteiger partial charge in [-0.3, -0.25) is 4.79 Å². The number of Topliss-reactive ketones (excluding diaryl/α,β-unsaturated/α-hetero) is 1. The molecule has 1 N–H and O–H groups in total. The van der Waals surface area contributed by atoms with Gasteiger partial charge in [0.2, 0.25) is 11.5 Å². The molecular formula is C33H38BrN2O2+. The first-order valence-electron chi connectivity index (χ1n) is 13.7. The number of unbranched alkanes of at least 4 members (excludes halogenated alkanes) is 3. The smallest absolute Gasteiger partial charge is 0.209 e. The lowest BCUT2D eigenvalue weighted by Gasteiger charge is -2.29. The fourth-order valence-electron chi connectivity index (χ4n) is 6.30. The van der Waals surface area contributed by atoms with Gasteiger partial charge in [-0.15, -0.1) is 0 Å². The highest BCUT2D eigenvalue weighted by Crippen LogP contribution is 2.49. The van der Waals surface area contributed by atoms with Gasteiger partial charge in [0, 0.05) is 46.4 Å². The molecule has 0 bridgehead atoms. The number of alkyl halides is 1. The lowest BCUT2D eigenvalue weighted by molar-refractivity contribution is -0.401. The standard InChI is InChI=1S/C33H37BrN2O2/c1-32(2)24-14-8-10-16-26(24)35(5)28(32)20-22-30(37)23(31(22)38)21-29-33(3,4)25-15-9-11-17-27(25)36(29)19-13-7-6-12-18-34/h8-11,14-17,20-21H,6-7,12-13,18-19H2,1-5H3/p+1. The molecule has 38 heavy (non-hydrogen) atoms. The summed E-state index contributed by atoms with van der Waals surface area (Å²) >= 11 is 3.53. The van der Waals surface area contributed by atoms with E-state index < -0.39 is 0 Å². The number of nitrogens with zero attached hydrogens (tertiary/aromatic N) is 2. The third kappa shape index (κ3) is 4.20. The first-order chi connectivity index (χ1) is 18.1. The van der Waals surface area contributed by atoms with Crippen molar-refractivity contribution in [3.05, 3.63) is 94.4 Å². The Labute approximate surface area is 235 Å². The van der Waals surface area contributed by atoms with Crippen LogP contribution in [0.1, 0.15) is 64.5 Å². The molecule has 0 saturated carbocycles. The zero-order valence-corrected chi connectivity index (χ0v) is 24.7. The summed E-state index contributed by atoms with van der Waals surface area (Å²) in [5, 5.41) is 12.2. The highest BCUT2D eigenvalue weighted by atomic mass is 79.9. The number of rotatable bonds is 8. The largest absolute Gasteiger partial charge is 0.506 e. The molecule has 2 aromatic rings. The normalized spacial score (nSPS) is 21.4. The van der Waals surface area contributed by atoms with Gasteiger partial charge in [-0.1, -0.05) is 79.0 Å². The Hall–Kier alpha value is -2.92. The van der Waals surface area contributed by atoms with Crippen molar-refractivity contribution in [2.75, 3.05) is 23.8 Å². The molecule has 3 aliphatic rings. The van der Waals surface area contributed by atoms with E-state index in [4.69, 9.17) is 0 Å². The van der Waals surface area contributed by atoms with E-state index in [0.29, 0.717) is 11.1 Å². The maximum absolute atomic E-state index is 13.5. The summed E-state index contributed by atoms with van der Waals surface area (Å²) in [6.07, 6.45) is 8.47. The van der Waals surface area contributed by atoms with Gasteiger partial charge in [0.25, 0.3) is 0 Å². The van der Waals surface area contributed by atoms with Crippen LogP contribution in [0.5, 0.6) is 0 Å². The number of allylic oxidation sites excluding steroid dienone is 5. The van der Waals surface area contributed by atoms with E-state index in [0.717, 1.165) is 35.4 Å². The second-order valence-electron chi connectivity index (χ2n) is 11.7. The van der Waals surface area contributed by atoms with Crippen molar-refractivity contribution in [3.63, 3.8) is 0 Å². The van der Waals surface area contributed by atoms with Crippen molar-refractivity contribution < 1.29 is 14.5 Å². The molecule has 2 aromatic carbocycles. The number of aliphatic hydroxyl groups excluding tert-OH is 1. The average molecular weight is 575 g/mol. The number of hydrogen-bond acceptors (Lipinski definition) is 3. The summed E-state index contributed by atoms with van der Waals surface area (Å²) in [4.78, 5) is 15.8. The monoisotopic (exact) mass is 573 g/mol. The van der Waals surface area contributed by atoms with Crippen molar-refractivity contribution in [3.8, 4) is 0 Å². The molecule has 0 spiro atoms. The Bertz CT molecular complexity index is 1420. The van der Waals surface area contributed by atoms with Crippen LogP contribution in [0.25, 0.3) is 0 Å². The number of ketones is 1. The van der Waals surface area contributed by atoms with Gasteiger partial charge in [0.1, 0.15) is 12.8 Å². The fourth-order valence-corrected chi connectivity index (χ4v) is 6.70. The Kier molecular flexibility index (Phi) is 7.02. The number of carbonyl (C=O) groups excluding carboxylic acids is 1. The summed E-state index contributed by atoms with van der Waals surface area (Å²) in [7, 11) is 2.03. The minimum absolute atomic E-state index is 0.0910. The van der Waals surface area contributed by atoms with Crippen LogP contribution >= 0.6 is 15.9 Å². The van der Waals surface area contributed by atoms with Gasteiger partial charge < -0.3 is 10.0 Å². The molecule has 0 saturated heterocycles. The molecule has 0 aromatic heterocycles. The topological polar surface area (TPSA) is 43.5 Å². The summed E-state index contributed by atoms with van der Waals surface area (Å²) in [6, 6.07) is 16.8. The van der Waals surface area contributed by atoms with E-state index in [2.05, 4.69) is 95.6 Å².